The maximum atomic E-state index is 12.8. The predicted octanol–water partition coefficient (Wildman–Crippen LogP) is 3.56. The number of aryl methyl sites for hydroxylation is 1. The molecule has 0 atom stereocenters. The summed E-state index contributed by atoms with van der Waals surface area (Å²) in [6.07, 6.45) is 5.48. The van der Waals surface area contributed by atoms with E-state index in [1.54, 1.807) is 19.3 Å². The van der Waals surface area contributed by atoms with Crippen molar-refractivity contribution >= 4 is 28.5 Å². The lowest BCUT2D eigenvalue weighted by Gasteiger charge is -2.34. The van der Waals surface area contributed by atoms with E-state index in [4.69, 9.17) is 4.74 Å². The number of para-hydroxylation sites is 1. The van der Waals surface area contributed by atoms with Crippen molar-refractivity contribution in [1.82, 2.24) is 24.2 Å². The summed E-state index contributed by atoms with van der Waals surface area (Å²) >= 11 is 0. The molecule has 168 valence electrons. The van der Waals surface area contributed by atoms with E-state index in [1.807, 2.05) is 53.4 Å². The minimum Gasteiger partial charge on any atom is -0.481 e. The number of rotatable bonds is 5. The van der Waals surface area contributed by atoms with Gasteiger partial charge in [-0.05, 0) is 37.3 Å². The highest BCUT2D eigenvalue weighted by atomic mass is 16.5. The van der Waals surface area contributed by atoms with E-state index in [9.17, 15) is 4.79 Å². The number of methoxy groups -OCH3 is 1. The van der Waals surface area contributed by atoms with Gasteiger partial charge in [-0.15, -0.1) is 0 Å². The summed E-state index contributed by atoms with van der Waals surface area (Å²) in [5.41, 5.74) is 4.91. The van der Waals surface area contributed by atoms with Crippen LogP contribution in [0.3, 0.4) is 0 Å². The van der Waals surface area contributed by atoms with E-state index in [0.29, 0.717) is 19.0 Å². The zero-order valence-corrected chi connectivity index (χ0v) is 18.9. The molecule has 33 heavy (non-hydrogen) atoms. The Bertz CT molecular complexity index is 1340. The summed E-state index contributed by atoms with van der Waals surface area (Å²) in [5, 5.41) is 1.02. The number of pyridine rings is 2. The van der Waals surface area contributed by atoms with Crippen molar-refractivity contribution < 1.29 is 9.53 Å². The molecule has 1 saturated heterocycles. The molecule has 1 aliphatic rings. The number of fused-ring (bicyclic) bond motifs is 2. The molecule has 4 heterocycles. The van der Waals surface area contributed by atoms with E-state index >= 15 is 0 Å². The summed E-state index contributed by atoms with van der Waals surface area (Å²) in [6, 6.07) is 15.9. The molecule has 0 bridgehead atoms. The summed E-state index contributed by atoms with van der Waals surface area (Å²) in [7, 11) is 1.60. The van der Waals surface area contributed by atoms with E-state index in [-0.39, 0.29) is 5.91 Å². The molecule has 5 rings (SSSR count). The molecule has 4 aromatic rings. The summed E-state index contributed by atoms with van der Waals surface area (Å²) in [5.74, 6) is 0.529. The molecule has 0 unspecified atom stereocenters. The van der Waals surface area contributed by atoms with Gasteiger partial charge in [0.15, 0.2) is 0 Å². The van der Waals surface area contributed by atoms with Crippen LogP contribution < -0.4 is 4.74 Å². The van der Waals surface area contributed by atoms with Gasteiger partial charge in [-0.25, -0.2) is 9.97 Å². The van der Waals surface area contributed by atoms with Crippen LogP contribution in [0, 0.1) is 6.92 Å². The van der Waals surface area contributed by atoms with Gasteiger partial charge in [0.2, 0.25) is 11.8 Å². The quantitative estimate of drug-likeness (QED) is 0.443. The van der Waals surface area contributed by atoms with Crippen LogP contribution in [0.4, 0.5) is 0 Å². The summed E-state index contributed by atoms with van der Waals surface area (Å²) in [4.78, 5) is 26.3. The largest absolute Gasteiger partial charge is 0.481 e. The van der Waals surface area contributed by atoms with Crippen molar-refractivity contribution in [2.75, 3.05) is 33.3 Å². The predicted molar refractivity (Wildman–Crippen MR) is 129 cm³/mol. The van der Waals surface area contributed by atoms with E-state index in [0.717, 1.165) is 47.4 Å². The van der Waals surface area contributed by atoms with Crippen LogP contribution in [-0.4, -0.2) is 63.4 Å². The Balaban J connectivity index is 1.23. The zero-order chi connectivity index (χ0) is 22.8. The lowest BCUT2D eigenvalue weighted by molar-refractivity contribution is -0.127. The number of hydrogen-bond acceptors (Lipinski definition) is 5. The molecule has 3 aromatic heterocycles. The minimum atomic E-state index is 0.0100. The first-order chi connectivity index (χ1) is 16.1. The van der Waals surface area contributed by atoms with Gasteiger partial charge in [-0.3, -0.25) is 9.69 Å². The highest BCUT2D eigenvalue weighted by Crippen LogP contribution is 2.23. The Morgan fingerprint density at radius 2 is 1.85 bits per heavy atom. The van der Waals surface area contributed by atoms with Crippen molar-refractivity contribution in [3.63, 3.8) is 0 Å². The van der Waals surface area contributed by atoms with Crippen molar-refractivity contribution in [2.24, 2.45) is 0 Å². The molecule has 7 heteroatoms. The minimum absolute atomic E-state index is 0.0100. The normalized spacial score (nSPS) is 15.0. The van der Waals surface area contributed by atoms with Crippen molar-refractivity contribution in [2.45, 2.75) is 13.5 Å². The number of imidazole rings is 1. The van der Waals surface area contributed by atoms with Gasteiger partial charge in [-0.1, -0.05) is 24.3 Å². The number of piperazine rings is 1. The summed E-state index contributed by atoms with van der Waals surface area (Å²) < 4.78 is 7.59. The number of amides is 1. The van der Waals surface area contributed by atoms with Gasteiger partial charge in [0.1, 0.15) is 5.65 Å². The highest BCUT2D eigenvalue weighted by Gasteiger charge is 2.21. The fraction of sp³-hybridized carbons (Fsp3) is 0.269. The molecule has 1 aromatic carbocycles. The second-order valence-electron chi connectivity index (χ2n) is 8.29. The third-order valence-electron chi connectivity index (χ3n) is 6.20. The molecule has 7 nitrogen and oxygen atoms in total. The smallest absolute Gasteiger partial charge is 0.246 e. The number of carbonyl (C=O) groups excluding carboxylic acids is 1. The van der Waals surface area contributed by atoms with Crippen LogP contribution >= 0.6 is 0 Å². The monoisotopic (exact) mass is 441 g/mol. The first kappa shape index (κ1) is 21.2. The molecule has 0 saturated carbocycles. The molecule has 0 aliphatic carbocycles. The topological polar surface area (TPSA) is 63.0 Å². The SMILES string of the molecule is COc1nc2ccccc2cc1/C=C/C(=O)N1CCN(Cc2c(C)nc3ccccn23)CC1. The number of carbonyl (C=O) groups is 1. The van der Waals surface area contributed by atoms with Gasteiger partial charge in [0.25, 0.3) is 0 Å². The molecule has 0 spiro atoms. The van der Waals surface area contributed by atoms with Crippen molar-refractivity contribution in [3.05, 3.63) is 77.8 Å². The Morgan fingerprint density at radius 3 is 2.67 bits per heavy atom. The maximum Gasteiger partial charge on any atom is 0.246 e. The molecule has 1 amide bonds. The Hall–Kier alpha value is -3.71. The second kappa shape index (κ2) is 9.03. The highest BCUT2D eigenvalue weighted by molar-refractivity contribution is 5.93. The molecule has 0 radical (unpaired) electrons. The fourth-order valence-corrected chi connectivity index (χ4v) is 4.36. The zero-order valence-electron chi connectivity index (χ0n) is 18.9. The van der Waals surface area contributed by atoms with E-state index in [1.165, 1.54) is 5.69 Å². The van der Waals surface area contributed by atoms with Gasteiger partial charge in [0, 0.05) is 55.9 Å². The first-order valence-electron chi connectivity index (χ1n) is 11.2. The number of ether oxygens (including phenoxy) is 1. The van der Waals surface area contributed by atoms with E-state index in [2.05, 4.69) is 32.4 Å². The fourth-order valence-electron chi connectivity index (χ4n) is 4.36. The van der Waals surface area contributed by atoms with Crippen LogP contribution in [0.15, 0.2) is 60.8 Å². The average molecular weight is 442 g/mol. The summed E-state index contributed by atoms with van der Waals surface area (Å²) in [6.45, 7) is 5.95. The van der Waals surface area contributed by atoms with Gasteiger partial charge in [-0.2, -0.15) is 0 Å². The molecule has 1 aliphatic heterocycles. The van der Waals surface area contributed by atoms with Gasteiger partial charge >= 0.3 is 0 Å². The Labute approximate surface area is 192 Å². The standard InChI is InChI=1S/C26H27N5O2/c1-19-23(31-12-6-5-9-24(31)27-19)18-29-13-15-30(16-14-29)25(32)11-10-21-17-20-7-3-4-8-22(20)28-26(21)33-2/h3-12,17H,13-16,18H2,1-2H3/b11-10+. The van der Waals surface area contributed by atoms with Crippen LogP contribution in [-0.2, 0) is 11.3 Å². The molecular weight excluding hydrogens is 414 g/mol. The van der Waals surface area contributed by atoms with Crippen molar-refractivity contribution in [1.29, 1.82) is 0 Å². The molecule has 0 N–H and O–H groups in total. The van der Waals surface area contributed by atoms with Crippen LogP contribution in [0.2, 0.25) is 0 Å². The van der Waals surface area contributed by atoms with Crippen LogP contribution in [0.1, 0.15) is 17.0 Å². The third kappa shape index (κ3) is 4.32. The number of hydrogen-bond donors (Lipinski definition) is 0. The van der Waals surface area contributed by atoms with Crippen LogP contribution in [0.5, 0.6) is 5.88 Å². The first-order valence-corrected chi connectivity index (χ1v) is 11.2. The van der Waals surface area contributed by atoms with Gasteiger partial charge < -0.3 is 14.0 Å². The Morgan fingerprint density at radius 1 is 1.06 bits per heavy atom. The Kier molecular flexibility index (Phi) is 5.79. The molecule has 1 fully saturated rings. The van der Waals surface area contributed by atoms with Crippen LogP contribution in [0.25, 0.3) is 22.6 Å². The molecular formula is C26H27N5O2. The maximum absolute atomic E-state index is 12.8. The number of aromatic nitrogens is 3. The lowest BCUT2D eigenvalue weighted by atomic mass is 10.1. The number of benzene rings is 1. The second-order valence-corrected chi connectivity index (χ2v) is 8.29. The average Bonchev–Trinajstić information content (AvgIpc) is 3.17. The van der Waals surface area contributed by atoms with E-state index < -0.39 is 0 Å². The third-order valence-corrected chi connectivity index (χ3v) is 6.20. The number of nitrogens with zero attached hydrogens (tertiary/aromatic N) is 5. The lowest BCUT2D eigenvalue weighted by Crippen LogP contribution is -2.48. The van der Waals surface area contributed by atoms with Gasteiger partial charge in [0.05, 0.1) is 24.0 Å². The van der Waals surface area contributed by atoms with Crippen molar-refractivity contribution in [3.8, 4) is 5.88 Å².